The van der Waals surface area contributed by atoms with E-state index in [1.807, 2.05) is 0 Å². The Morgan fingerprint density at radius 3 is 2.00 bits per heavy atom. The van der Waals surface area contributed by atoms with Crippen molar-refractivity contribution in [2.75, 3.05) is 10.8 Å². The molecule has 0 radical (unpaired) electrons. The van der Waals surface area contributed by atoms with Gasteiger partial charge in [0, 0.05) is 6.42 Å². The molecular formula is C15H10ClF2NO. The van der Waals surface area contributed by atoms with Crippen molar-refractivity contribution in [3.8, 4) is 0 Å². The molecule has 0 aliphatic carbocycles. The lowest BCUT2D eigenvalue weighted by atomic mass is 9.95. The summed E-state index contributed by atoms with van der Waals surface area (Å²) >= 11 is 5.64. The maximum Gasteiger partial charge on any atom is 0.246 e. The van der Waals surface area contributed by atoms with Crippen LogP contribution in [-0.2, 0) is 11.2 Å². The highest BCUT2D eigenvalue weighted by molar-refractivity contribution is 6.30. The second kappa shape index (κ2) is 4.87. The van der Waals surface area contributed by atoms with Crippen LogP contribution in [0.25, 0.3) is 0 Å². The molecule has 1 heterocycles. The van der Waals surface area contributed by atoms with Gasteiger partial charge >= 0.3 is 0 Å². The monoisotopic (exact) mass is 293 g/mol. The molecule has 0 saturated carbocycles. The van der Waals surface area contributed by atoms with Crippen LogP contribution in [0.2, 0.25) is 0 Å². The molecule has 2 nitrogen and oxygen atoms in total. The number of carbonyl (C=O) groups is 1. The molecule has 2 aromatic rings. The van der Waals surface area contributed by atoms with E-state index in [4.69, 9.17) is 11.6 Å². The van der Waals surface area contributed by atoms with Crippen LogP contribution < -0.4 is 4.90 Å². The Kier molecular flexibility index (Phi) is 3.18. The lowest BCUT2D eigenvalue weighted by Crippen LogP contribution is -2.31. The first-order valence-electron chi connectivity index (χ1n) is 6.06. The van der Waals surface area contributed by atoms with Crippen molar-refractivity contribution in [2.24, 2.45) is 0 Å². The summed E-state index contributed by atoms with van der Waals surface area (Å²) in [6.07, 6.45) is 0.381. The maximum atomic E-state index is 13.4. The van der Waals surface area contributed by atoms with Gasteiger partial charge in [0.05, 0.1) is 11.4 Å². The second-order valence-corrected chi connectivity index (χ2v) is 4.85. The summed E-state index contributed by atoms with van der Waals surface area (Å²) in [6.45, 7) is 0. The van der Waals surface area contributed by atoms with Gasteiger partial charge in [-0.2, -0.15) is 0 Å². The van der Waals surface area contributed by atoms with E-state index in [-0.39, 0.29) is 23.4 Å². The van der Waals surface area contributed by atoms with Crippen molar-refractivity contribution in [3.63, 3.8) is 0 Å². The summed E-state index contributed by atoms with van der Waals surface area (Å²) in [5, 5.41) is 0. The second-order valence-electron chi connectivity index (χ2n) is 4.59. The summed E-state index contributed by atoms with van der Waals surface area (Å²) in [7, 11) is 0. The lowest BCUT2D eigenvalue weighted by molar-refractivity contribution is -0.115. The first-order valence-corrected chi connectivity index (χ1v) is 6.59. The Balaban J connectivity index is 2.21. The summed E-state index contributed by atoms with van der Waals surface area (Å²) in [4.78, 5) is 13.5. The molecule has 0 spiro atoms. The fraction of sp³-hybridized carbons (Fsp3) is 0.133. The fourth-order valence-electron chi connectivity index (χ4n) is 2.49. The average Bonchev–Trinajstić information content (AvgIpc) is 2.43. The molecule has 2 aromatic carbocycles. The summed E-state index contributed by atoms with van der Waals surface area (Å²) in [5.41, 5.74) is 2.47. The summed E-state index contributed by atoms with van der Waals surface area (Å²) < 4.78 is 26.7. The van der Waals surface area contributed by atoms with Crippen LogP contribution in [0, 0.1) is 11.6 Å². The Labute approximate surface area is 119 Å². The van der Waals surface area contributed by atoms with Gasteiger partial charge in [-0.1, -0.05) is 0 Å². The van der Waals surface area contributed by atoms with E-state index in [2.05, 4.69) is 0 Å². The Bertz CT molecular complexity index is 651. The van der Waals surface area contributed by atoms with E-state index in [1.165, 1.54) is 29.2 Å². The van der Waals surface area contributed by atoms with Crippen molar-refractivity contribution in [3.05, 3.63) is 59.2 Å². The van der Waals surface area contributed by atoms with E-state index < -0.39 is 0 Å². The van der Waals surface area contributed by atoms with Crippen molar-refractivity contribution in [2.45, 2.75) is 6.42 Å². The van der Waals surface area contributed by atoms with E-state index in [0.717, 1.165) is 0 Å². The maximum absolute atomic E-state index is 13.4. The van der Waals surface area contributed by atoms with E-state index in [9.17, 15) is 13.6 Å². The zero-order valence-corrected chi connectivity index (χ0v) is 11.1. The topological polar surface area (TPSA) is 20.3 Å². The van der Waals surface area contributed by atoms with Gasteiger partial charge in [0.25, 0.3) is 0 Å². The highest BCUT2D eigenvalue weighted by atomic mass is 35.5. The normalized spacial score (nSPS) is 12.8. The number of nitrogens with zero attached hydrogens (tertiary/aromatic N) is 1. The van der Waals surface area contributed by atoms with E-state index in [0.29, 0.717) is 28.9 Å². The highest BCUT2D eigenvalue weighted by Crippen LogP contribution is 2.39. The van der Waals surface area contributed by atoms with Crippen molar-refractivity contribution in [1.29, 1.82) is 0 Å². The third kappa shape index (κ3) is 2.06. The third-order valence-electron chi connectivity index (χ3n) is 3.31. The minimum absolute atomic E-state index is 0.201. The summed E-state index contributed by atoms with van der Waals surface area (Å²) in [5.74, 6) is -1.30. The number of rotatable bonds is 1. The van der Waals surface area contributed by atoms with Crippen molar-refractivity contribution < 1.29 is 13.6 Å². The van der Waals surface area contributed by atoms with Gasteiger partial charge in [0.15, 0.2) is 0 Å². The van der Waals surface area contributed by atoms with Crippen LogP contribution in [0.15, 0.2) is 36.4 Å². The van der Waals surface area contributed by atoms with Crippen LogP contribution in [0.4, 0.5) is 20.2 Å². The Morgan fingerprint density at radius 2 is 1.55 bits per heavy atom. The van der Waals surface area contributed by atoms with Crippen LogP contribution in [0.3, 0.4) is 0 Å². The highest BCUT2D eigenvalue weighted by Gasteiger charge is 2.27. The van der Waals surface area contributed by atoms with Crippen LogP contribution in [0.1, 0.15) is 11.1 Å². The molecule has 102 valence electrons. The number of benzene rings is 2. The van der Waals surface area contributed by atoms with E-state index >= 15 is 0 Å². The molecular weight excluding hydrogens is 284 g/mol. The Hall–Kier alpha value is -1.94. The van der Waals surface area contributed by atoms with E-state index in [1.54, 1.807) is 12.1 Å². The van der Waals surface area contributed by atoms with Gasteiger partial charge in [0.2, 0.25) is 5.91 Å². The van der Waals surface area contributed by atoms with Crippen LogP contribution >= 0.6 is 11.6 Å². The van der Waals surface area contributed by atoms with Gasteiger partial charge in [-0.3, -0.25) is 9.69 Å². The molecule has 0 aromatic heterocycles. The number of hydrogen-bond acceptors (Lipinski definition) is 1. The molecule has 0 fully saturated rings. The number of alkyl halides is 1. The van der Waals surface area contributed by atoms with Gasteiger partial charge in [-0.25, -0.2) is 8.78 Å². The minimum Gasteiger partial charge on any atom is -0.279 e. The minimum atomic E-state index is -0.387. The SMILES string of the molecule is O=C(CCl)N1c2ccc(F)cc2Cc2cc(F)ccc21. The van der Waals surface area contributed by atoms with Crippen LogP contribution in [0.5, 0.6) is 0 Å². The largest absolute Gasteiger partial charge is 0.279 e. The zero-order chi connectivity index (χ0) is 14.3. The smallest absolute Gasteiger partial charge is 0.246 e. The number of fused-ring (bicyclic) bond motifs is 2. The van der Waals surface area contributed by atoms with Crippen molar-refractivity contribution >= 4 is 28.9 Å². The summed E-state index contributed by atoms with van der Waals surface area (Å²) in [6, 6.07) is 8.39. The molecule has 1 aliphatic rings. The molecule has 3 rings (SSSR count). The number of anilines is 2. The first-order chi connectivity index (χ1) is 9.60. The van der Waals surface area contributed by atoms with Gasteiger partial charge < -0.3 is 0 Å². The molecule has 0 N–H and O–H groups in total. The fourth-order valence-corrected chi connectivity index (χ4v) is 2.61. The average molecular weight is 294 g/mol. The first kappa shape index (κ1) is 13.1. The number of amides is 1. The quantitative estimate of drug-likeness (QED) is 0.733. The van der Waals surface area contributed by atoms with Gasteiger partial charge in [-0.15, -0.1) is 11.6 Å². The zero-order valence-electron chi connectivity index (χ0n) is 10.4. The predicted molar refractivity (Wildman–Crippen MR) is 73.5 cm³/mol. The lowest BCUT2D eigenvalue weighted by Gasteiger charge is -2.31. The number of carbonyl (C=O) groups excluding carboxylic acids is 1. The molecule has 0 atom stereocenters. The Morgan fingerprint density at radius 1 is 1.05 bits per heavy atom. The molecule has 20 heavy (non-hydrogen) atoms. The molecule has 1 amide bonds. The molecule has 0 saturated heterocycles. The number of halogens is 3. The third-order valence-corrected chi connectivity index (χ3v) is 3.54. The van der Waals surface area contributed by atoms with Crippen LogP contribution in [-0.4, -0.2) is 11.8 Å². The van der Waals surface area contributed by atoms with Gasteiger partial charge in [-0.05, 0) is 47.5 Å². The van der Waals surface area contributed by atoms with Crippen molar-refractivity contribution in [1.82, 2.24) is 0 Å². The molecule has 5 heteroatoms. The molecule has 1 aliphatic heterocycles. The number of hydrogen-bond donors (Lipinski definition) is 0. The predicted octanol–water partition coefficient (Wildman–Crippen LogP) is 3.77. The molecule has 0 bridgehead atoms. The standard InChI is InChI=1S/C15H10ClF2NO/c16-8-15(20)19-13-3-1-11(17)6-9(13)5-10-7-12(18)2-4-14(10)19/h1-4,6-7H,5,8H2. The van der Waals surface area contributed by atoms with Gasteiger partial charge in [0.1, 0.15) is 17.5 Å². The molecule has 0 unspecified atom stereocenters.